The first-order valence-corrected chi connectivity index (χ1v) is 11.0. The Labute approximate surface area is 164 Å². The number of hydrogen-bond acceptors (Lipinski definition) is 6. The highest BCUT2D eigenvalue weighted by Crippen LogP contribution is 2.19. The van der Waals surface area contributed by atoms with Gasteiger partial charge in [-0.3, -0.25) is 9.59 Å². The molecule has 2 saturated carbocycles. The van der Waals surface area contributed by atoms with E-state index >= 15 is 0 Å². The Morgan fingerprint density at radius 1 is 0.926 bits per heavy atom. The average molecular weight is 383 g/mol. The molecule has 0 radical (unpaired) electrons. The van der Waals surface area contributed by atoms with Crippen LogP contribution in [0.1, 0.15) is 83.5 Å². The van der Waals surface area contributed by atoms with Crippen LogP contribution in [0.15, 0.2) is 0 Å². The van der Waals surface area contributed by atoms with Gasteiger partial charge in [-0.2, -0.15) is 0 Å². The van der Waals surface area contributed by atoms with Gasteiger partial charge in [0.25, 0.3) is 6.47 Å². The van der Waals surface area contributed by atoms with Crippen molar-refractivity contribution in [2.24, 2.45) is 0 Å². The molecule has 0 aliphatic heterocycles. The quantitative estimate of drug-likeness (QED) is 0.221. The summed E-state index contributed by atoms with van der Waals surface area (Å²) in [5.41, 5.74) is 0. The molecule has 27 heavy (non-hydrogen) atoms. The molecular weight excluding hydrogens is 344 g/mol. The third-order valence-electron chi connectivity index (χ3n) is 5.75. The van der Waals surface area contributed by atoms with Crippen molar-refractivity contribution in [1.82, 2.24) is 10.6 Å². The largest absolute Gasteiger partial charge is 0.468 e. The van der Waals surface area contributed by atoms with Crippen LogP contribution in [0.2, 0.25) is 0 Å². The molecule has 156 valence electrons. The summed E-state index contributed by atoms with van der Waals surface area (Å²) >= 11 is 0. The van der Waals surface area contributed by atoms with E-state index in [1.807, 2.05) is 0 Å². The lowest BCUT2D eigenvalue weighted by atomic mass is 10.1. The SMILES string of the molecule is O=COCCCC(NC1CCCCCC1)C(=O)OCCCNC1CCCC1. The van der Waals surface area contributed by atoms with Crippen molar-refractivity contribution in [2.75, 3.05) is 19.8 Å². The van der Waals surface area contributed by atoms with Gasteiger partial charge < -0.3 is 20.1 Å². The summed E-state index contributed by atoms with van der Waals surface area (Å²) in [6, 6.07) is 0.746. The topological polar surface area (TPSA) is 76.7 Å². The predicted octanol–water partition coefficient (Wildman–Crippen LogP) is 3.09. The van der Waals surface area contributed by atoms with Crippen LogP contribution in [0.25, 0.3) is 0 Å². The highest BCUT2D eigenvalue weighted by molar-refractivity contribution is 5.75. The zero-order valence-corrected chi connectivity index (χ0v) is 16.8. The standard InChI is InChI=1S/C21H38N2O4/c24-17-26-15-7-13-20(23-19-11-3-1-2-4-12-19)21(25)27-16-8-14-22-18-9-5-6-10-18/h17-20,22-23H,1-16H2. The molecule has 6 nitrogen and oxygen atoms in total. The van der Waals surface area contributed by atoms with E-state index in [0.717, 1.165) is 25.8 Å². The van der Waals surface area contributed by atoms with E-state index < -0.39 is 0 Å². The number of ether oxygens (including phenoxy) is 2. The third-order valence-corrected chi connectivity index (χ3v) is 5.75. The molecule has 2 fully saturated rings. The van der Waals surface area contributed by atoms with Gasteiger partial charge in [0.15, 0.2) is 0 Å². The molecule has 0 amide bonds. The monoisotopic (exact) mass is 382 g/mol. The van der Waals surface area contributed by atoms with Crippen molar-refractivity contribution >= 4 is 12.4 Å². The van der Waals surface area contributed by atoms with Crippen molar-refractivity contribution in [3.8, 4) is 0 Å². The zero-order valence-electron chi connectivity index (χ0n) is 16.8. The fraction of sp³-hybridized carbons (Fsp3) is 0.905. The first-order valence-electron chi connectivity index (χ1n) is 11.0. The van der Waals surface area contributed by atoms with Gasteiger partial charge in [0.2, 0.25) is 0 Å². The summed E-state index contributed by atoms with van der Waals surface area (Å²) < 4.78 is 10.3. The van der Waals surface area contributed by atoms with Gasteiger partial charge in [-0.1, -0.05) is 38.5 Å². The fourth-order valence-corrected chi connectivity index (χ4v) is 4.20. The lowest BCUT2D eigenvalue weighted by Gasteiger charge is -2.24. The molecule has 2 aliphatic carbocycles. The van der Waals surface area contributed by atoms with Crippen LogP contribution in [0, 0.1) is 0 Å². The molecule has 0 saturated heterocycles. The van der Waals surface area contributed by atoms with E-state index in [-0.39, 0.29) is 12.0 Å². The summed E-state index contributed by atoms with van der Waals surface area (Å²) in [6.45, 7) is 2.19. The second kappa shape index (κ2) is 13.9. The van der Waals surface area contributed by atoms with Crippen molar-refractivity contribution in [3.63, 3.8) is 0 Å². The Morgan fingerprint density at radius 2 is 1.59 bits per heavy atom. The summed E-state index contributed by atoms with van der Waals surface area (Å²) in [5.74, 6) is -0.161. The van der Waals surface area contributed by atoms with E-state index in [9.17, 15) is 9.59 Å². The van der Waals surface area contributed by atoms with E-state index in [0.29, 0.717) is 44.6 Å². The summed E-state index contributed by atoms with van der Waals surface area (Å²) in [6.07, 6.45) is 14.6. The van der Waals surface area contributed by atoms with Crippen molar-refractivity contribution in [3.05, 3.63) is 0 Å². The molecule has 0 aromatic heterocycles. The Bertz CT molecular complexity index is 405. The molecule has 2 aliphatic rings. The predicted molar refractivity (Wildman–Crippen MR) is 105 cm³/mol. The third kappa shape index (κ3) is 9.56. The van der Waals surface area contributed by atoms with Crippen LogP contribution in [-0.4, -0.2) is 50.3 Å². The van der Waals surface area contributed by atoms with Gasteiger partial charge in [-0.25, -0.2) is 0 Å². The number of esters is 1. The lowest BCUT2D eigenvalue weighted by molar-refractivity contribution is -0.146. The van der Waals surface area contributed by atoms with Gasteiger partial charge in [-0.15, -0.1) is 0 Å². The minimum Gasteiger partial charge on any atom is -0.468 e. The normalized spacial score (nSPS) is 20.1. The van der Waals surface area contributed by atoms with Crippen LogP contribution >= 0.6 is 0 Å². The van der Waals surface area contributed by atoms with Crippen LogP contribution in [-0.2, 0) is 19.1 Å². The molecule has 2 N–H and O–H groups in total. The van der Waals surface area contributed by atoms with E-state index in [1.165, 1.54) is 51.4 Å². The zero-order chi connectivity index (χ0) is 19.2. The Morgan fingerprint density at radius 3 is 2.30 bits per heavy atom. The first kappa shape index (κ1) is 22.2. The molecule has 6 heteroatoms. The van der Waals surface area contributed by atoms with Gasteiger partial charge in [0, 0.05) is 12.1 Å². The second-order valence-corrected chi connectivity index (χ2v) is 7.97. The highest BCUT2D eigenvalue weighted by atomic mass is 16.5. The Kier molecular flexibility index (Phi) is 11.4. The van der Waals surface area contributed by atoms with E-state index in [4.69, 9.17) is 9.47 Å². The van der Waals surface area contributed by atoms with Crippen molar-refractivity contribution < 1.29 is 19.1 Å². The maximum Gasteiger partial charge on any atom is 0.323 e. The summed E-state index contributed by atoms with van der Waals surface area (Å²) in [5, 5.41) is 7.07. The van der Waals surface area contributed by atoms with Crippen LogP contribution in [0.3, 0.4) is 0 Å². The first-order chi connectivity index (χ1) is 13.3. The van der Waals surface area contributed by atoms with Crippen LogP contribution < -0.4 is 10.6 Å². The number of hydrogen-bond donors (Lipinski definition) is 2. The molecule has 1 unspecified atom stereocenters. The maximum atomic E-state index is 12.6. The summed E-state index contributed by atoms with van der Waals surface area (Å²) in [4.78, 5) is 22.9. The van der Waals surface area contributed by atoms with Gasteiger partial charge in [0.1, 0.15) is 6.04 Å². The van der Waals surface area contributed by atoms with Gasteiger partial charge in [0.05, 0.1) is 13.2 Å². The molecule has 2 rings (SSSR count). The minimum atomic E-state index is -0.300. The number of carbonyl (C=O) groups is 2. The number of rotatable bonds is 13. The molecular formula is C21H38N2O4. The Balaban J connectivity index is 1.68. The molecule has 0 aromatic carbocycles. The van der Waals surface area contributed by atoms with E-state index in [2.05, 4.69) is 10.6 Å². The van der Waals surface area contributed by atoms with Crippen LogP contribution in [0.5, 0.6) is 0 Å². The fourth-order valence-electron chi connectivity index (χ4n) is 4.20. The smallest absolute Gasteiger partial charge is 0.323 e. The molecule has 0 bridgehead atoms. The highest BCUT2D eigenvalue weighted by Gasteiger charge is 2.24. The Hall–Kier alpha value is -1.14. The van der Waals surface area contributed by atoms with Crippen LogP contribution in [0.4, 0.5) is 0 Å². The van der Waals surface area contributed by atoms with Crippen molar-refractivity contribution in [1.29, 1.82) is 0 Å². The maximum absolute atomic E-state index is 12.6. The minimum absolute atomic E-state index is 0.161. The molecule has 1 atom stereocenters. The average Bonchev–Trinajstić information content (AvgIpc) is 3.06. The van der Waals surface area contributed by atoms with Gasteiger partial charge in [-0.05, 0) is 51.5 Å². The van der Waals surface area contributed by atoms with Gasteiger partial charge >= 0.3 is 5.97 Å². The van der Waals surface area contributed by atoms with Crippen molar-refractivity contribution in [2.45, 2.75) is 102 Å². The molecule has 0 aromatic rings. The number of carbonyl (C=O) groups excluding carboxylic acids is 2. The van der Waals surface area contributed by atoms with E-state index in [1.54, 1.807) is 0 Å². The lowest BCUT2D eigenvalue weighted by Crippen LogP contribution is -2.44. The molecule has 0 spiro atoms. The second-order valence-electron chi connectivity index (χ2n) is 7.97. The number of nitrogens with one attached hydrogen (secondary N) is 2. The summed E-state index contributed by atoms with van der Waals surface area (Å²) in [7, 11) is 0. The molecule has 0 heterocycles.